The number of hydrogen-bond acceptors (Lipinski definition) is 1. The van der Waals surface area contributed by atoms with Gasteiger partial charge in [-0.2, -0.15) is 0 Å². The van der Waals surface area contributed by atoms with E-state index in [1.54, 1.807) is 12.1 Å². The lowest BCUT2D eigenvalue weighted by atomic mass is 10.1. The molecule has 3 aromatic carbocycles. The number of rotatable bonds is 2. The van der Waals surface area contributed by atoms with E-state index in [0.29, 0.717) is 17.1 Å². The molecule has 0 amide bonds. The summed E-state index contributed by atoms with van der Waals surface area (Å²) in [5, 5.41) is 0.446. The first-order chi connectivity index (χ1) is 11.7. The number of fused-ring (bicyclic) bond motifs is 2. The van der Waals surface area contributed by atoms with Crippen molar-refractivity contribution in [3.8, 4) is 0 Å². The zero-order chi connectivity index (χ0) is 16.5. The summed E-state index contributed by atoms with van der Waals surface area (Å²) in [6.07, 6.45) is 4.19. The normalized spacial score (nSPS) is 12.5. The number of anilines is 2. The van der Waals surface area contributed by atoms with Gasteiger partial charge in [-0.15, -0.1) is 0 Å². The van der Waals surface area contributed by atoms with E-state index in [4.69, 9.17) is 11.6 Å². The fourth-order valence-corrected chi connectivity index (χ4v) is 3.29. The van der Waals surface area contributed by atoms with E-state index in [2.05, 4.69) is 41.3 Å². The van der Waals surface area contributed by atoms with E-state index in [-0.39, 0.29) is 5.82 Å². The van der Waals surface area contributed by atoms with E-state index >= 15 is 0 Å². The molecule has 0 aliphatic carbocycles. The second-order valence-electron chi connectivity index (χ2n) is 5.74. The minimum Gasteiger partial charge on any atom is -0.336 e. The van der Waals surface area contributed by atoms with Crippen molar-refractivity contribution in [3.63, 3.8) is 0 Å². The van der Waals surface area contributed by atoms with E-state index < -0.39 is 0 Å². The minimum absolute atomic E-state index is 0.283. The van der Waals surface area contributed by atoms with Crippen LogP contribution < -0.4 is 4.90 Å². The third-order valence-electron chi connectivity index (χ3n) is 4.28. The van der Waals surface area contributed by atoms with Gasteiger partial charge in [0.2, 0.25) is 0 Å². The largest absolute Gasteiger partial charge is 0.336 e. The molecule has 0 N–H and O–H groups in total. The summed E-state index contributed by atoms with van der Waals surface area (Å²) in [6.45, 7) is 0.376. The van der Waals surface area contributed by atoms with Crippen LogP contribution in [-0.4, -0.2) is 0 Å². The summed E-state index contributed by atoms with van der Waals surface area (Å²) in [5.41, 5.74) is 4.78. The molecule has 1 heterocycles. The van der Waals surface area contributed by atoms with Crippen LogP contribution in [0.5, 0.6) is 0 Å². The molecule has 0 fully saturated rings. The summed E-state index contributed by atoms with van der Waals surface area (Å²) in [4.78, 5) is 2.12. The van der Waals surface area contributed by atoms with Gasteiger partial charge in [0.15, 0.2) is 0 Å². The molecule has 0 radical (unpaired) electrons. The Labute approximate surface area is 145 Å². The third-order valence-corrected chi connectivity index (χ3v) is 4.63. The standard InChI is InChI=1S/C21H15ClFN/c22-18-8-5-9-19(23)17(18)14-24-20-10-3-1-6-15(20)12-13-16-7-2-4-11-21(16)24/h1-13H,14H2. The average Bonchev–Trinajstić information content (AvgIpc) is 2.76. The Bertz CT molecular complexity index is 863. The Kier molecular flexibility index (Phi) is 3.83. The highest BCUT2D eigenvalue weighted by Crippen LogP contribution is 2.38. The molecular formula is C21H15ClFN. The Morgan fingerprint density at radius 1 is 0.750 bits per heavy atom. The summed E-state index contributed by atoms with van der Waals surface area (Å²) in [7, 11) is 0. The zero-order valence-electron chi connectivity index (χ0n) is 12.9. The Morgan fingerprint density at radius 2 is 1.33 bits per heavy atom. The molecule has 0 aromatic heterocycles. The number of para-hydroxylation sites is 2. The van der Waals surface area contributed by atoms with Gasteiger partial charge < -0.3 is 4.90 Å². The molecule has 0 spiro atoms. The van der Waals surface area contributed by atoms with Gasteiger partial charge in [-0.05, 0) is 35.4 Å². The Hall–Kier alpha value is -2.58. The quantitative estimate of drug-likeness (QED) is 0.531. The lowest BCUT2D eigenvalue weighted by Crippen LogP contribution is -2.19. The number of benzene rings is 3. The summed E-state index contributed by atoms with van der Waals surface area (Å²) >= 11 is 6.26. The van der Waals surface area contributed by atoms with Crippen molar-refractivity contribution < 1.29 is 4.39 Å². The fourth-order valence-electron chi connectivity index (χ4n) is 3.07. The molecule has 0 unspecified atom stereocenters. The van der Waals surface area contributed by atoms with Crippen LogP contribution in [-0.2, 0) is 6.54 Å². The molecule has 118 valence electrons. The maximum atomic E-state index is 14.3. The van der Waals surface area contributed by atoms with E-state index in [1.807, 2.05) is 24.3 Å². The predicted octanol–water partition coefficient (Wildman–Crippen LogP) is 6.30. The summed E-state index contributed by atoms with van der Waals surface area (Å²) < 4.78 is 14.3. The van der Waals surface area contributed by atoms with Crippen molar-refractivity contribution in [2.75, 3.05) is 4.90 Å². The molecule has 4 rings (SSSR count). The Balaban J connectivity index is 1.89. The third kappa shape index (κ3) is 2.59. The van der Waals surface area contributed by atoms with Gasteiger partial charge in [0.05, 0.1) is 6.54 Å². The van der Waals surface area contributed by atoms with E-state index in [1.165, 1.54) is 6.07 Å². The van der Waals surface area contributed by atoms with Gasteiger partial charge in [0.25, 0.3) is 0 Å². The number of halogens is 2. The van der Waals surface area contributed by atoms with Crippen molar-refractivity contribution in [1.29, 1.82) is 0 Å². The Morgan fingerprint density at radius 3 is 1.92 bits per heavy atom. The van der Waals surface area contributed by atoms with Gasteiger partial charge in [-0.25, -0.2) is 4.39 Å². The van der Waals surface area contributed by atoms with Gasteiger partial charge in [0.1, 0.15) is 5.82 Å². The highest BCUT2D eigenvalue weighted by atomic mass is 35.5. The lowest BCUT2D eigenvalue weighted by Gasteiger charge is -2.27. The first-order valence-corrected chi connectivity index (χ1v) is 8.18. The predicted molar refractivity (Wildman–Crippen MR) is 99.1 cm³/mol. The van der Waals surface area contributed by atoms with Crippen LogP contribution in [0.3, 0.4) is 0 Å². The molecule has 3 heteroatoms. The van der Waals surface area contributed by atoms with E-state index in [0.717, 1.165) is 22.5 Å². The van der Waals surface area contributed by atoms with Crippen LogP contribution in [0.2, 0.25) is 5.02 Å². The van der Waals surface area contributed by atoms with Crippen LogP contribution in [0, 0.1) is 5.82 Å². The fraction of sp³-hybridized carbons (Fsp3) is 0.0476. The highest BCUT2D eigenvalue weighted by Gasteiger charge is 2.20. The molecule has 0 saturated heterocycles. The molecule has 0 atom stereocenters. The molecule has 0 saturated carbocycles. The van der Waals surface area contributed by atoms with Gasteiger partial charge in [-0.1, -0.05) is 66.2 Å². The highest BCUT2D eigenvalue weighted by molar-refractivity contribution is 6.31. The lowest BCUT2D eigenvalue weighted by molar-refractivity contribution is 0.609. The van der Waals surface area contributed by atoms with E-state index in [9.17, 15) is 4.39 Å². The number of hydrogen-bond donors (Lipinski definition) is 0. The first kappa shape index (κ1) is 15.0. The van der Waals surface area contributed by atoms with Gasteiger partial charge >= 0.3 is 0 Å². The van der Waals surface area contributed by atoms with Crippen LogP contribution in [0.15, 0.2) is 66.7 Å². The topological polar surface area (TPSA) is 3.24 Å². The van der Waals surface area contributed by atoms with Gasteiger partial charge in [0, 0.05) is 22.0 Å². The molecule has 1 aliphatic heterocycles. The second-order valence-corrected chi connectivity index (χ2v) is 6.14. The van der Waals surface area contributed by atoms with Crippen LogP contribution >= 0.6 is 11.6 Å². The smallest absolute Gasteiger partial charge is 0.129 e. The van der Waals surface area contributed by atoms with Crippen LogP contribution in [0.25, 0.3) is 12.2 Å². The first-order valence-electron chi connectivity index (χ1n) is 7.80. The van der Waals surface area contributed by atoms with Crippen LogP contribution in [0.4, 0.5) is 15.8 Å². The molecule has 1 aliphatic rings. The molecular weight excluding hydrogens is 321 g/mol. The van der Waals surface area contributed by atoms with Crippen LogP contribution in [0.1, 0.15) is 16.7 Å². The summed E-state index contributed by atoms with van der Waals surface area (Å²) in [6, 6.07) is 21.1. The maximum Gasteiger partial charge on any atom is 0.129 e. The monoisotopic (exact) mass is 335 g/mol. The van der Waals surface area contributed by atoms with Crippen molar-refractivity contribution >= 4 is 35.1 Å². The summed E-state index contributed by atoms with van der Waals surface area (Å²) in [5.74, 6) is -0.283. The molecule has 24 heavy (non-hydrogen) atoms. The molecule has 0 bridgehead atoms. The second kappa shape index (κ2) is 6.14. The maximum absolute atomic E-state index is 14.3. The molecule has 3 aromatic rings. The zero-order valence-corrected chi connectivity index (χ0v) is 13.7. The van der Waals surface area contributed by atoms with Crippen molar-refractivity contribution in [2.24, 2.45) is 0 Å². The van der Waals surface area contributed by atoms with Crippen molar-refractivity contribution in [1.82, 2.24) is 0 Å². The van der Waals surface area contributed by atoms with Crippen molar-refractivity contribution in [2.45, 2.75) is 6.54 Å². The molecule has 1 nitrogen and oxygen atoms in total. The number of nitrogens with zero attached hydrogens (tertiary/aromatic N) is 1. The minimum atomic E-state index is -0.283. The van der Waals surface area contributed by atoms with Crippen molar-refractivity contribution in [3.05, 3.63) is 94.3 Å². The SMILES string of the molecule is Fc1cccc(Cl)c1CN1c2ccccc2C=Cc2ccccc21. The average molecular weight is 336 g/mol. The van der Waals surface area contributed by atoms with Gasteiger partial charge in [-0.3, -0.25) is 0 Å².